The summed E-state index contributed by atoms with van der Waals surface area (Å²) in [4.78, 5) is 28.4. The van der Waals surface area contributed by atoms with Crippen LogP contribution in [0.15, 0.2) is 47.1 Å². The number of nitrogens with zero attached hydrogens (tertiary/aromatic N) is 2. The van der Waals surface area contributed by atoms with E-state index in [-0.39, 0.29) is 11.8 Å². The van der Waals surface area contributed by atoms with Gasteiger partial charge in [-0.2, -0.15) is 0 Å². The number of hydrogen-bond donors (Lipinski definition) is 0. The Morgan fingerprint density at radius 3 is 2.65 bits per heavy atom. The van der Waals surface area contributed by atoms with E-state index >= 15 is 0 Å². The molecule has 0 bridgehead atoms. The number of ether oxygens (including phenoxy) is 1. The third-order valence-electron chi connectivity index (χ3n) is 5.33. The second-order valence-electron chi connectivity index (χ2n) is 6.64. The van der Waals surface area contributed by atoms with Crippen molar-refractivity contribution < 1.29 is 23.1 Å². The van der Waals surface area contributed by atoms with E-state index in [1.54, 1.807) is 34.1 Å². The third kappa shape index (κ3) is 2.42. The number of methoxy groups -OCH3 is 1. The van der Waals surface area contributed by atoms with Gasteiger partial charge in [0.15, 0.2) is 11.9 Å². The third-order valence-corrected chi connectivity index (χ3v) is 5.33. The zero-order valence-corrected chi connectivity index (χ0v) is 14.4. The van der Waals surface area contributed by atoms with E-state index in [0.717, 1.165) is 0 Å². The van der Waals surface area contributed by atoms with Gasteiger partial charge in [-0.3, -0.25) is 9.59 Å². The molecule has 1 aromatic carbocycles. The van der Waals surface area contributed by atoms with Crippen LogP contribution < -0.4 is 4.90 Å². The molecule has 2 fully saturated rings. The highest BCUT2D eigenvalue weighted by atomic mass is 19.1. The second-order valence-corrected chi connectivity index (χ2v) is 6.64. The number of piperidine rings is 1. The molecule has 1 atom stereocenters. The second kappa shape index (κ2) is 6.25. The van der Waals surface area contributed by atoms with Gasteiger partial charge in [0.25, 0.3) is 11.8 Å². The van der Waals surface area contributed by atoms with Crippen molar-refractivity contribution in [3.8, 4) is 0 Å². The minimum absolute atomic E-state index is 0.165. The molecular formula is C19H19FN2O4. The van der Waals surface area contributed by atoms with Crippen LogP contribution in [0.3, 0.4) is 0 Å². The van der Waals surface area contributed by atoms with Crippen molar-refractivity contribution in [3.63, 3.8) is 0 Å². The number of likely N-dealkylation sites (tertiary alicyclic amines) is 1. The molecule has 0 N–H and O–H groups in total. The zero-order chi connectivity index (χ0) is 18.3. The van der Waals surface area contributed by atoms with Crippen LogP contribution in [0.2, 0.25) is 0 Å². The molecule has 1 aromatic heterocycles. The van der Waals surface area contributed by atoms with Crippen LogP contribution in [0.4, 0.5) is 10.1 Å². The number of carbonyl (C=O) groups excluding carboxylic acids is 2. The predicted octanol–water partition coefficient (Wildman–Crippen LogP) is 2.46. The van der Waals surface area contributed by atoms with Crippen LogP contribution in [-0.4, -0.2) is 48.6 Å². The molecule has 1 unspecified atom stereocenters. The minimum atomic E-state index is -0.577. The number of amides is 2. The lowest BCUT2D eigenvalue weighted by atomic mass is 9.72. The smallest absolute Gasteiger partial charge is 0.289 e. The number of furan rings is 1. The maximum atomic E-state index is 13.6. The standard InChI is InChI=1S/C19H19FN2O4/c1-25-16-18(24)22(14-5-2-4-13(20)12-14)19(16)7-9-21(10-8-19)17(23)15-6-3-11-26-15/h2-6,11-12,16H,7-10H2,1H3. The fraction of sp³-hybridized carbons (Fsp3) is 0.368. The lowest BCUT2D eigenvalue weighted by molar-refractivity contribution is -0.150. The number of anilines is 1. The van der Waals surface area contributed by atoms with Crippen LogP contribution in [0, 0.1) is 5.82 Å². The van der Waals surface area contributed by atoms with E-state index in [1.165, 1.54) is 25.5 Å². The van der Waals surface area contributed by atoms with Crippen molar-refractivity contribution in [3.05, 3.63) is 54.2 Å². The van der Waals surface area contributed by atoms with E-state index in [0.29, 0.717) is 37.4 Å². The highest BCUT2D eigenvalue weighted by molar-refractivity contribution is 6.07. The van der Waals surface area contributed by atoms with Crippen LogP contribution in [0.25, 0.3) is 0 Å². The summed E-state index contributed by atoms with van der Waals surface area (Å²) in [5.74, 6) is -0.432. The van der Waals surface area contributed by atoms with Gasteiger partial charge in [0.2, 0.25) is 0 Å². The Morgan fingerprint density at radius 1 is 1.27 bits per heavy atom. The molecule has 3 heterocycles. The molecule has 2 aliphatic rings. The maximum Gasteiger partial charge on any atom is 0.289 e. The molecule has 0 radical (unpaired) electrons. The Morgan fingerprint density at radius 2 is 2.04 bits per heavy atom. The van der Waals surface area contributed by atoms with Crippen molar-refractivity contribution in [1.82, 2.24) is 4.90 Å². The van der Waals surface area contributed by atoms with Crippen LogP contribution in [0.5, 0.6) is 0 Å². The maximum absolute atomic E-state index is 13.6. The summed E-state index contributed by atoms with van der Waals surface area (Å²) in [7, 11) is 1.51. The first-order valence-electron chi connectivity index (χ1n) is 8.52. The fourth-order valence-electron chi connectivity index (χ4n) is 4.08. The molecule has 0 aliphatic carbocycles. The molecule has 7 heteroatoms. The SMILES string of the molecule is COC1C(=O)N(c2cccc(F)c2)C12CCN(C(=O)c1ccco1)CC2. The summed E-state index contributed by atoms with van der Waals surface area (Å²) < 4.78 is 24.3. The Labute approximate surface area is 150 Å². The van der Waals surface area contributed by atoms with Gasteiger partial charge in [0.1, 0.15) is 5.82 Å². The highest BCUT2D eigenvalue weighted by Gasteiger charge is 2.62. The number of benzene rings is 1. The largest absolute Gasteiger partial charge is 0.459 e. The lowest BCUT2D eigenvalue weighted by Gasteiger charge is -2.59. The van der Waals surface area contributed by atoms with E-state index in [9.17, 15) is 14.0 Å². The average Bonchev–Trinajstić information content (AvgIpc) is 3.17. The molecular weight excluding hydrogens is 339 g/mol. The Balaban J connectivity index is 1.56. The first kappa shape index (κ1) is 16.8. The van der Waals surface area contributed by atoms with Gasteiger partial charge in [-0.1, -0.05) is 6.07 Å². The molecule has 1 spiro atoms. The fourth-order valence-corrected chi connectivity index (χ4v) is 4.08. The molecule has 136 valence electrons. The van der Waals surface area contributed by atoms with Crippen LogP contribution in [0.1, 0.15) is 23.4 Å². The van der Waals surface area contributed by atoms with Crippen molar-refractivity contribution in [1.29, 1.82) is 0 Å². The summed E-state index contributed by atoms with van der Waals surface area (Å²) in [6, 6.07) is 9.31. The Bertz CT molecular complexity index is 828. The normalized spacial score (nSPS) is 21.8. The van der Waals surface area contributed by atoms with Crippen LogP contribution >= 0.6 is 0 Å². The van der Waals surface area contributed by atoms with Gasteiger partial charge in [0, 0.05) is 25.9 Å². The number of rotatable bonds is 3. The van der Waals surface area contributed by atoms with E-state index in [1.807, 2.05) is 0 Å². The zero-order valence-electron chi connectivity index (χ0n) is 14.4. The van der Waals surface area contributed by atoms with Crippen molar-refractivity contribution in [2.45, 2.75) is 24.5 Å². The molecule has 4 rings (SSSR count). The number of β-lactam (4-membered cyclic amide) rings is 1. The number of halogens is 1. The van der Waals surface area contributed by atoms with Crippen molar-refractivity contribution in [2.24, 2.45) is 0 Å². The topological polar surface area (TPSA) is 63.0 Å². The van der Waals surface area contributed by atoms with E-state index in [2.05, 4.69) is 0 Å². The predicted molar refractivity (Wildman–Crippen MR) is 91.3 cm³/mol. The first-order chi connectivity index (χ1) is 12.6. The molecule has 2 saturated heterocycles. The number of carbonyl (C=O) groups is 2. The van der Waals surface area contributed by atoms with Gasteiger partial charge in [0.05, 0.1) is 11.8 Å². The molecule has 2 amide bonds. The summed E-state index contributed by atoms with van der Waals surface area (Å²) in [6.45, 7) is 0.941. The lowest BCUT2D eigenvalue weighted by Crippen LogP contribution is -2.78. The monoisotopic (exact) mass is 358 g/mol. The summed E-state index contributed by atoms with van der Waals surface area (Å²) >= 11 is 0. The Kier molecular flexibility index (Phi) is 4.03. The minimum Gasteiger partial charge on any atom is -0.459 e. The molecule has 26 heavy (non-hydrogen) atoms. The van der Waals surface area contributed by atoms with Gasteiger partial charge in [-0.25, -0.2) is 4.39 Å². The summed E-state index contributed by atoms with van der Waals surface area (Å²) in [5.41, 5.74) is -0.0337. The van der Waals surface area contributed by atoms with E-state index in [4.69, 9.17) is 9.15 Å². The average molecular weight is 358 g/mol. The molecule has 6 nitrogen and oxygen atoms in total. The summed E-state index contributed by atoms with van der Waals surface area (Å²) in [6.07, 6.45) is 2.00. The van der Waals surface area contributed by atoms with Crippen molar-refractivity contribution >= 4 is 17.5 Å². The Hall–Kier alpha value is -2.67. The molecule has 2 aliphatic heterocycles. The highest BCUT2D eigenvalue weighted by Crippen LogP contribution is 2.45. The first-order valence-corrected chi connectivity index (χ1v) is 8.52. The van der Waals surface area contributed by atoms with Crippen LogP contribution in [-0.2, 0) is 9.53 Å². The quantitative estimate of drug-likeness (QED) is 0.791. The molecule has 2 aromatic rings. The van der Waals surface area contributed by atoms with Crippen molar-refractivity contribution in [2.75, 3.05) is 25.1 Å². The number of hydrogen-bond acceptors (Lipinski definition) is 4. The van der Waals surface area contributed by atoms with Gasteiger partial charge in [-0.15, -0.1) is 0 Å². The van der Waals surface area contributed by atoms with E-state index < -0.39 is 17.5 Å². The van der Waals surface area contributed by atoms with Gasteiger partial charge >= 0.3 is 0 Å². The molecule has 0 saturated carbocycles. The van der Waals surface area contributed by atoms with Gasteiger partial charge in [-0.05, 0) is 43.2 Å². The van der Waals surface area contributed by atoms with Gasteiger partial charge < -0.3 is 19.0 Å². The summed E-state index contributed by atoms with van der Waals surface area (Å²) in [5, 5.41) is 0.